The number of hydrogen-bond donors (Lipinski definition) is 0. The van der Waals surface area contributed by atoms with Gasteiger partial charge in [-0.1, -0.05) is 44.2 Å². The van der Waals surface area contributed by atoms with Crippen LogP contribution in [-0.2, 0) is 25.5 Å². The quantitative estimate of drug-likeness (QED) is 0.594. The molecule has 0 bridgehead atoms. The van der Waals surface area contributed by atoms with Gasteiger partial charge in [0.25, 0.3) is 0 Å². The number of carbonyl (C=O) groups excluding carboxylic acids is 2. The Labute approximate surface area is 121 Å². The van der Waals surface area contributed by atoms with Crippen molar-refractivity contribution in [3.05, 3.63) is 35.9 Å². The van der Waals surface area contributed by atoms with E-state index in [9.17, 15) is 9.59 Å². The molecule has 0 aliphatic carbocycles. The lowest BCUT2D eigenvalue weighted by molar-refractivity contribution is -0.161. The molecule has 0 fully saturated rings. The molecule has 20 heavy (non-hydrogen) atoms. The van der Waals surface area contributed by atoms with Crippen LogP contribution < -0.4 is 0 Å². The molecule has 112 valence electrons. The van der Waals surface area contributed by atoms with E-state index in [1.54, 1.807) is 13.8 Å². The highest BCUT2D eigenvalue weighted by Crippen LogP contribution is 2.12. The number of benzene rings is 1. The van der Waals surface area contributed by atoms with Gasteiger partial charge in [0.2, 0.25) is 0 Å². The van der Waals surface area contributed by atoms with Crippen molar-refractivity contribution < 1.29 is 19.1 Å². The van der Waals surface area contributed by atoms with Crippen LogP contribution >= 0.6 is 0 Å². The van der Waals surface area contributed by atoms with Gasteiger partial charge in [0.1, 0.15) is 0 Å². The number of ether oxygens (including phenoxy) is 2. The fourth-order valence-electron chi connectivity index (χ4n) is 1.60. The summed E-state index contributed by atoms with van der Waals surface area (Å²) in [5.41, 5.74) is 0.906. The van der Waals surface area contributed by atoms with Gasteiger partial charge < -0.3 is 9.47 Å². The molecule has 0 N–H and O–H groups in total. The van der Waals surface area contributed by atoms with Crippen molar-refractivity contribution in [2.24, 2.45) is 5.92 Å². The van der Waals surface area contributed by atoms with Crippen LogP contribution in [0.1, 0.15) is 33.3 Å². The maximum absolute atomic E-state index is 11.7. The third-order valence-corrected chi connectivity index (χ3v) is 2.42. The molecule has 0 aromatic heterocycles. The molecule has 0 amide bonds. The molecule has 0 aliphatic rings. The summed E-state index contributed by atoms with van der Waals surface area (Å²) < 4.78 is 9.81. The van der Waals surface area contributed by atoms with Gasteiger partial charge in [0, 0.05) is 0 Å². The zero-order valence-corrected chi connectivity index (χ0v) is 12.7. The van der Waals surface area contributed by atoms with Crippen molar-refractivity contribution in [2.45, 2.75) is 34.1 Å². The Morgan fingerprint density at radius 2 is 1.40 bits per heavy atom. The first-order chi connectivity index (χ1) is 9.69. The van der Waals surface area contributed by atoms with Crippen molar-refractivity contribution in [1.82, 2.24) is 0 Å². The van der Waals surface area contributed by atoms with Crippen molar-refractivity contribution in [3.63, 3.8) is 0 Å². The van der Waals surface area contributed by atoms with Crippen LogP contribution in [0.2, 0.25) is 0 Å². The molecule has 4 nitrogen and oxygen atoms in total. The maximum Gasteiger partial charge on any atom is 0.320 e. The third kappa shape index (κ3) is 6.36. The van der Waals surface area contributed by atoms with Gasteiger partial charge in [-0.2, -0.15) is 0 Å². The normalized spacial score (nSPS) is 9.45. The first kappa shape index (κ1) is 18.2. The molecule has 0 aliphatic heterocycles. The number of esters is 2. The van der Waals surface area contributed by atoms with Gasteiger partial charge in [-0.3, -0.25) is 9.59 Å². The molecule has 0 atom stereocenters. The summed E-state index contributed by atoms with van der Waals surface area (Å²) in [7, 11) is 0. The maximum atomic E-state index is 11.7. The first-order valence-electron chi connectivity index (χ1n) is 7.06. The highest BCUT2D eigenvalue weighted by molar-refractivity contribution is 5.95. The minimum atomic E-state index is -0.882. The van der Waals surface area contributed by atoms with Crippen LogP contribution in [0, 0.1) is 5.92 Å². The summed E-state index contributed by atoms with van der Waals surface area (Å²) >= 11 is 0. The largest absolute Gasteiger partial charge is 0.465 e. The molecule has 1 aromatic rings. The van der Waals surface area contributed by atoms with Crippen LogP contribution in [0.5, 0.6) is 0 Å². The molecule has 0 heterocycles. The lowest BCUT2D eigenvalue weighted by Crippen LogP contribution is -2.30. The Kier molecular flexibility index (Phi) is 10.0. The van der Waals surface area contributed by atoms with Gasteiger partial charge >= 0.3 is 11.9 Å². The predicted molar refractivity (Wildman–Crippen MR) is 78.3 cm³/mol. The van der Waals surface area contributed by atoms with Crippen LogP contribution in [0.15, 0.2) is 30.3 Å². The topological polar surface area (TPSA) is 52.6 Å². The van der Waals surface area contributed by atoms with Crippen LogP contribution in [0.4, 0.5) is 0 Å². The van der Waals surface area contributed by atoms with E-state index in [1.807, 2.05) is 44.2 Å². The van der Waals surface area contributed by atoms with Gasteiger partial charge in [0.15, 0.2) is 5.92 Å². The van der Waals surface area contributed by atoms with Crippen molar-refractivity contribution in [1.29, 1.82) is 0 Å². The summed E-state index contributed by atoms with van der Waals surface area (Å²) in [6.07, 6.45) is 0.304. The monoisotopic (exact) mass is 280 g/mol. The molecule has 0 unspecified atom stereocenters. The van der Waals surface area contributed by atoms with E-state index in [-0.39, 0.29) is 13.2 Å². The first-order valence-corrected chi connectivity index (χ1v) is 7.06. The zero-order valence-electron chi connectivity index (χ0n) is 12.7. The average molecular weight is 280 g/mol. The Balaban J connectivity index is 0.00000172. The lowest BCUT2D eigenvalue weighted by Gasteiger charge is -2.14. The van der Waals surface area contributed by atoms with Gasteiger partial charge in [-0.05, 0) is 25.8 Å². The van der Waals surface area contributed by atoms with E-state index in [4.69, 9.17) is 9.47 Å². The van der Waals surface area contributed by atoms with E-state index in [1.165, 1.54) is 0 Å². The van der Waals surface area contributed by atoms with E-state index in [2.05, 4.69) is 0 Å². The highest BCUT2D eigenvalue weighted by Gasteiger charge is 2.29. The Bertz CT molecular complexity index is 369. The van der Waals surface area contributed by atoms with E-state index in [0.29, 0.717) is 6.42 Å². The molecule has 0 spiro atoms. The zero-order chi connectivity index (χ0) is 15.4. The minimum absolute atomic E-state index is 0.254. The van der Waals surface area contributed by atoms with E-state index < -0.39 is 17.9 Å². The predicted octanol–water partition coefficient (Wildman–Crippen LogP) is 3.00. The molecule has 0 saturated carbocycles. The number of carbonyl (C=O) groups is 2. The van der Waals surface area contributed by atoms with Gasteiger partial charge in [-0.25, -0.2) is 0 Å². The highest BCUT2D eigenvalue weighted by atomic mass is 16.6. The van der Waals surface area contributed by atoms with Crippen molar-refractivity contribution >= 4 is 11.9 Å². The van der Waals surface area contributed by atoms with Gasteiger partial charge in [-0.15, -0.1) is 0 Å². The second-order valence-electron chi connectivity index (χ2n) is 3.75. The third-order valence-electron chi connectivity index (χ3n) is 2.42. The van der Waals surface area contributed by atoms with Crippen molar-refractivity contribution in [2.75, 3.05) is 13.2 Å². The Hall–Kier alpha value is -1.84. The summed E-state index contributed by atoms with van der Waals surface area (Å²) in [5, 5.41) is 0. The summed E-state index contributed by atoms with van der Waals surface area (Å²) in [6.45, 7) is 7.93. The van der Waals surface area contributed by atoms with Crippen LogP contribution in [0.25, 0.3) is 0 Å². The average Bonchev–Trinajstić information content (AvgIpc) is 2.48. The number of rotatable bonds is 6. The Morgan fingerprint density at radius 3 is 1.80 bits per heavy atom. The fourth-order valence-corrected chi connectivity index (χ4v) is 1.60. The van der Waals surface area contributed by atoms with E-state index in [0.717, 1.165) is 5.56 Å². The SMILES string of the molecule is CC.CCOC(=O)C(Cc1ccccc1)C(=O)OCC. The molecule has 0 radical (unpaired) electrons. The summed E-state index contributed by atoms with van der Waals surface area (Å²) in [4.78, 5) is 23.5. The molecular formula is C16H24O4. The molecule has 4 heteroatoms. The van der Waals surface area contributed by atoms with Crippen molar-refractivity contribution in [3.8, 4) is 0 Å². The van der Waals surface area contributed by atoms with Crippen LogP contribution in [-0.4, -0.2) is 25.2 Å². The van der Waals surface area contributed by atoms with Gasteiger partial charge in [0.05, 0.1) is 13.2 Å². The lowest BCUT2D eigenvalue weighted by atomic mass is 9.99. The molecule has 1 rings (SSSR count). The standard InChI is InChI=1S/C14H18O4.C2H6/c1-3-17-13(15)12(14(16)18-4-2)10-11-8-6-5-7-9-11;1-2/h5-9,12H,3-4,10H2,1-2H3;1-2H3. The molecule has 1 aromatic carbocycles. The molecule has 0 saturated heterocycles. The second-order valence-corrected chi connectivity index (χ2v) is 3.75. The smallest absolute Gasteiger partial charge is 0.320 e. The van der Waals surface area contributed by atoms with Crippen LogP contribution in [0.3, 0.4) is 0 Å². The summed E-state index contributed by atoms with van der Waals surface area (Å²) in [5.74, 6) is -1.94. The minimum Gasteiger partial charge on any atom is -0.465 e. The number of hydrogen-bond acceptors (Lipinski definition) is 4. The Morgan fingerprint density at radius 1 is 0.950 bits per heavy atom. The fraction of sp³-hybridized carbons (Fsp3) is 0.500. The summed E-state index contributed by atoms with van der Waals surface area (Å²) in [6, 6.07) is 9.34. The molecular weight excluding hydrogens is 256 g/mol. The second kappa shape index (κ2) is 11.0. The van der Waals surface area contributed by atoms with E-state index >= 15 is 0 Å².